The Morgan fingerprint density at radius 1 is 1.43 bits per heavy atom. The van der Waals surface area contributed by atoms with Crippen LogP contribution in [0.15, 0.2) is 0 Å². The van der Waals surface area contributed by atoms with Crippen LogP contribution in [0.5, 0.6) is 0 Å². The molecule has 2 bridgehead atoms. The second-order valence-electron chi connectivity index (χ2n) is 5.33. The van der Waals surface area contributed by atoms with Gasteiger partial charge in [-0.3, -0.25) is 0 Å². The number of nitrogens with one attached hydrogen (secondary N) is 2. The van der Waals surface area contributed by atoms with Gasteiger partial charge in [0, 0.05) is 18.0 Å². The maximum absolute atomic E-state index is 3.82. The van der Waals surface area contributed by atoms with E-state index in [-0.39, 0.29) is 0 Å². The molecule has 5 unspecified atom stereocenters. The van der Waals surface area contributed by atoms with Crippen LogP contribution in [0.1, 0.15) is 26.7 Å². The van der Waals surface area contributed by atoms with Crippen molar-refractivity contribution >= 4 is 11.8 Å². The molecule has 3 saturated heterocycles. The monoisotopic (exact) mass is 212 g/mol. The molecule has 1 saturated carbocycles. The van der Waals surface area contributed by atoms with Crippen LogP contribution in [0.25, 0.3) is 0 Å². The summed E-state index contributed by atoms with van der Waals surface area (Å²) in [6.45, 7) is 6.01. The van der Waals surface area contributed by atoms with Gasteiger partial charge in [0.15, 0.2) is 0 Å². The highest BCUT2D eigenvalue weighted by Crippen LogP contribution is 2.51. The van der Waals surface area contributed by atoms with E-state index < -0.39 is 0 Å². The number of hydrogen-bond donors (Lipinski definition) is 2. The molecular weight excluding hydrogens is 192 g/mol. The maximum Gasteiger partial charge on any atom is 0.0665 e. The summed E-state index contributed by atoms with van der Waals surface area (Å²) in [4.78, 5) is 0.356. The fraction of sp³-hybridized carbons (Fsp3) is 1.00. The van der Waals surface area contributed by atoms with E-state index in [9.17, 15) is 0 Å². The molecule has 0 aromatic heterocycles. The predicted molar refractivity (Wildman–Crippen MR) is 61.5 cm³/mol. The van der Waals surface area contributed by atoms with Crippen molar-refractivity contribution < 1.29 is 0 Å². The van der Waals surface area contributed by atoms with Gasteiger partial charge in [0.25, 0.3) is 0 Å². The van der Waals surface area contributed by atoms with Crippen molar-refractivity contribution in [3.8, 4) is 0 Å². The molecule has 0 aromatic rings. The molecule has 4 fully saturated rings. The number of fused-ring (bicyclic) bond motifs is 1. The zero-order valence-corrected chi connectivity index (χ0v) is 9.86. The molecule has 14 heavy (non-hydrogen) atoms. The van der Waals surface area contributed by atoms with Crippen LogP contribution in [0, 0.1) is 11.8 Å². The highest BCUT2D eigenvalue weighted by Gasteiger charge is 2.56. The average Bonchev–Trinajstić information content (AvgIpc) is 2.61. The summed E-state index contributed by atoms with van der Waals surface area (Å²) < 4.78 is 0. The van der Waals surface area contributed by atoms with Gasteiger partial charge in [-0.25, -0.2) is 0 Å². The van der Waals surface area contributed by atoms with Crippen LogP contribution in [0.4, 0.5) is 0 Å². The molecule has 0 spiro atoms. The number of thioether (sulfide) groups is 1. The summed E-state index contributed by atoms with van der Waals surface area (Å²) in [6.07, 6.45) is 2.76. The Kier molecular flexibility index (Phi) is 2.12. The molecule has 2 N–H and O–H groups in total. The minimum atomic E-state index is 0.356. The van der Waals surface area contributed by atoms with Crippen LogP contribution in [0.3, 0.4) is 0 Å². The molecule has 4 rings (SSSR count). The average molecular weight is 212 g/mol. The molecule has 2 nitrogen and oxygen atoms in total. The zero-order valence-electron chi connectivity index (χ0n) is 9.05. The van der Waals surface area contributed by atoms with Crippen molar-refractivity contribution in [3.63, 3.8) is 0 Å². The van der Waals surface area contributed by atoms with E-state index in [1.165, 1.54) is 25.1 Å². The highest BCUT2D eigenvalue weighted by molar-refractivity contribution is 8.00. The van der Waals surface area contributed by atoms with E-state index >= 15 is 0 Å². The highest BCUT2D eigenvalue weighted by atomic mass is 32.2. The largest absolute Gasteiger partial charge is 0.313 e. The normalized spacial score (nSPS) is 57.0. The lowest BCUT2D eigenvalue weighted by atomic mass is 9.69. The van der Waals surface area contributed by atoms with E-state index in [0.29, 0.717) is 10.9 Å². The Morgan fingerprint density at radius 3 is 2.86 bits per heavy atom. The second-order valence-corrected chi connectivity index (χ2v) is 6.87. The van der Waals surface area contributed by atoms with Crippen LogP contribution in [-0.4, -0.2) is 29.3 Å². The minimum absolute atomic E-state index is 0.356. The topological polar surface area (TPSA) is 24.1 Å². The second kappa shape index (κ2) is 3.13. The SMILES string of the molecule is CC1CCSC(C)(C2C3CNC2C3)N1. The van der Waals surface area contributed by atoms with Gasteiger partial charge in [0.2, 0.25) is 0 Å². The van der Waals surface area contributed by atoms with Gasteiger partial charge in [0.1, 0.15) is 0 Å². The summed E-state index contributed by atoms with van der Waals surface area (Å²) in [7, 11) is 0. The van der Waals surface area contributed by atoms with E-state index in [2.05, 4.69) is 36.2 Å². The van der Waals surface area contributed by atoms with Gasteiger partial charge in [-0.1, -0.05) is 0 Å². The third-order valence-corrected chi connectivity index (χ3v) is 5.69. The van der Waals surface area contributed by atoms with Gasteiger partial charge in [-0.15, -0.1) is 11.8 Å². The predicted octanol–water partition coefficient (Wildman–Crippen LogP) is 1.43. The molecule has 3 aliphatic heterocycles. The quantitative estimate of drug-likeness (QED) is 0.687. The van der Waals surface area contributed by atoms with E-state index in [1.54, 1.807) is 0 Å². The fourth-order valence-corrected chi connectivity index (χ4v) is 5.28. The molecule has 3 heterocycles. The Balaban J connectivity index is 1.76. The first-order chi connectivity index (χ1) is 6.69. The molecule has 0 radical (unpaired) electrons. The molecular formula is C11H20N2S. The van der Waals surface area contributed by atoms with Crippen molar-refractivity contribution in [3.05, 3.63) is 0 Å². The van der Waals surface area contributed by atoms with Crippen LogP contribution in [0.2, 0.25) is 0 Å². The van der Waals surface area contributed by atoms with Gasteiger partial charge in [0.05, 0.1) is 4.87 Å². The van der Waals surface area contributed by atoms with E-state index in [1.807, 2.05) is 0 Å². The van der Waals surface area contributed by atoms with Gasteiger partial charge in [-0.2, -0.15) is 0 Å². The number of hydrogen-bond acceptors (Lipinski definition) is 3. The third kappa shape index (κ3) is 1.25. The van der Waals surface area contributed by atoms with Crippen LogP contribution >= 0.6 is 11.8 Å². The van der Waals surface area contributed by atoms with Crippen molar-refractivity contribution in [2.45, 2.75) is 43.6 Å². The Hall–Kier alpha value is 0.270. The summed E-state index contributed by atoms with van der Waals surface area (Å²) in [6, 6.07) is 1.52. The van der Waals surface area contributed by atoms with Crippen LogP contribution < -0.4 is 10.6 Å². The Labute approximate surface area is 90.6 Å². The molecule has 1 aliphatic carbocycles. The lowest BCUT2D eigenvalue weighted by Gasteiger charge is -2.51. The Morgan fingerprint density at radius 2 is 2.29 bits per heavy atom. The molecule has 4 aliphatic rings. The Bertz CT molecular complexity index is 231. The molecule has 0 aromatic carbocycles. The lowest BCUT2D eigenvalue weighted by molar-refractivity contribution is 0.133. The smallest absolute Gasteiger partial charge is 0.0665 e. The molecule has 3 heteroatoms. The third-order valence-electron chi connectivity index (χ3n) is 4.26. The lowest BCUT2D eigenvalue weighted by Crippen LogP contribution is -2.61. The van der Waals surface area contributed by atoms with Crippen molar-refractivity contribution in [2.75, 3.05) is 12.3 Å². The van der Waals surface area contributed by atoms with Gasteiger partial charge < -0.3 is 10.6 Å². The first-order valence-corrected chi connectivity index (χ1v) is 6.82. The first-order valence-electron chi connectivity index (χ1n) is 5.84. The van der Waals surface area contributed by atoms with Crippen molar-refractivity contribution in [1.29, 1.82) is 0 Å². The van der Waals surface area contributed by atoms with Gasteiger partial charge >= 0.3 is 0 Å². The standard InChI is InChI=1S/C11H20N2S/c1-7-3-4-14-11(2,13-7)10-8-5-9(10)12-6-8/h7-10,12-13H,3-6H2,1-2H3. The van der Waals surface area contributed by atoms with E-state index in [4.69, 9.17) is 0 Å². The molecule has 0 amide bonds. The minimum Gasteiger partial charge on any atom is -0.313 e. The molecule has 5 atom stereocenters. The van der Waals surface area contributed by atoms with E-state index in [0.717, 1.165) is 17.9 Å². The summed E-state index contributed by atoms with van der Waals surface area (Å²) >= 11 is 2.15. The summed E-state index contributed by atoms with van der Waals surface area (Å²) in [5, 5.41) is 7.45. The van der Waals surface area contributed by atoms with Crippen LogP contribution in [-0.2, 0) is 0 Å². The first kappa shape index (κ1) is 9.49. The summed E-state index contributed by atoms with van der Waals surface area (Å²) in [5.41, 5.74) is 0. The summed E-state index contributed by atoms with van der Waals surface area (Å²) in [5.74, 6) is 3.17. The zero-order chi connectivity index (χ0) is 9.76. The van der Waals surface area contributed by atoms with Crippen molar-refractivity contribution in [2.24, 2.45) is 11.8 Å². The number of rotatable bonds is 1. The fourth-order valence-electron chi connectivity index (χ4n) is 3.55. The molecule has 80 valence electrons. The maximum atomic E-state index is 3.82. The van der Waals surface area contributed by atoms with Gasteiger partial charge in [-0.05, 0) is 44.9 Å². The van der Waals surface area contributed by atoms with Crippen molar-refractivity contribution in [1.82, 2.24) is 10.6 Å².